The van der Waals surface area contributed by atoms with Crippen molar-refractivity contribution < 1.29 is 27.9 Å². The van der Waals surface area contributed by atoms with E-state index in [2.05, 4.69) is 10.3 Å². The Morgan fingerprint density at radius 2 is 1.69 bits per heavy atom. The number of benzene rings is 1. The second kappa shape index (κ2) is 7.75. The van der Waals surface area contributed by atoms with Gasteiger partial charge in [0.05, 0.1) is 11.1 Å². The molecule has 1 amide bonds. The van der Waals surface area contributed by atoms with Crippen molar-refractivity contribution in [1.82, 2.24) is 14.7 Å². The fourth-order valence-electron chi connectivity index (χ4n) is 2.80. The monoisotopic (exact) mass is 425 g/mol. The largest absolute Gasteiger partial charge is 0.490 e. The second-order valence-corrected chi connectivity index (χ2v) is 6.75. The van der Waals surface area contributed by atoms with Crippen LogP contribution in [0.2, 0.25) is 5.15 Å². The Hall–Kier alpha value is -3.07. The Kier molecular flexibility index (Phi) is 5.52. The normalized spacial score (nSPS) is 14.6. The van der Waals surface area contributed by atoms with E-state index < -0.39 is 12.1 Å². The minimum atomic E-state index is -5.08. The molecule has 29 heavy (non-hydrogen) atoms. The first-order valence-corrected chi connectivity index (χ1v) is 8.82. The molecule has 1 aliphatic rings. The van der Waals surface area contributed by atoms with Gasteiger partial charge in [0.25, 0.3) is 5.91 Å². The lowest BCUT2D eigenvalue weighted by Crippen LogP contribution is -2.35. The molecule has 152 valence electrons. The van der Waals surface area contributed by atoms with E-state index in [0.29, 0.717) is 11.0 Å². The highest BCUT2D eigenvalue weighted by atomic mass is 35.5. The molecule has 2 heterocycles. The number of nitrogens with zero attached hydrogens (tertiary/aromatic N) is 2. The molecule has 0 atom stereocenters. The van der Waals surface area contributed by atoms with E-state index in [1.54, 1.807) is 10.6 Å². The summed E-state index contributed by atoms with van der Waals surface area (Å²) in [5.41, 5.74) is 1.61. The maximum absolute atomic E-state index is 12.6. The summed E-state index contributed by atoms with van der Waals surface area (Å²) >= 11 is 6.11. The van der Waals surface area contributed by atoms with E-state index in [1.165, 1.54) is 0 Å². The molecule has 0 spiro atoms. The third kappa shape index (κ3) is 4.51. The number of hydrogen-bond acceptors (Lipinski definition) is 3. The molecule has 2 aromatic heterocycles. The summed E-state index contributed by atoms with van der Waals surface area (Å²) < 4.78 is 33.5. The van der Waals surface area contributed by atoms with Gasteiger partial charge in [-0.25, -0.2) is 9.78 Å². The predicted molar refractivity (Wildman–Crippen MR) is 98.7 cm³/mol. The number of halogens is 4. The first-order valence-electron chi connectivity index (χ1n) is 8.45. The quantitative estimate of drug-likeness (QED) is 0.663. The van der Waals surface area contributed by atoms with Crippen LogP contribution in [0.25, 0.3) is 5.52 Å². The average Bonchev–Trinajstić information content (AvgIpc) is 3.39. The number of hydrogen-bond donors (Lipinski definition) is 2. The molecule has 1 aliphatic carbocycles. The summed E-state index contributed by atoms with van der Waals surface area (Å²) in [6, 6.07) is 15.6. The van der Waals surface area contributed by atoms with Gasteiger partial charge >= 0.3 is 12.1 Å². The van der Waals surface area contributed by atoms with Crippen LogP contribution in [0.1, 0.15) is 29.0 Å². The van der Waals surface area contributed by atoms with E-state index in [0.717, 1.165) is 23.9 Å². The molecule has 3 aromatic rings. The van der Waals surface area contributed by atoms with Crippen molar-refractivity contribution in [2.45, 2.75) is 24.6 Å². The zero-order valence-electron chi connectivity index (χ0n) is 14.8. The van der Waals surface area contributed by atoms with Crippen molar-refractivity contribution in [2.24, 2.45) is 0 Å². The SMILES string of the molecule is O=C(NC1(c2ccccc2)CC1)c1nc(Cl)c2ccccn12.O=C(O)C(F)(F)F. The van der Waals surface area contributed by atoms with Crippen LogP contribution in [0.5, 0.6) is 0 Å². The van der Waals surface area contributed by atoms with Crippen LogP contribution in [0.4, 0.5) is 13.2 Å². The van der Waals surface area contributed by atoms with Gasteiger partial charge in [-0.3, -0.25) is 9.20 Å². The topological polar surface area (TPSA) is 83.7 Å². The van der Waals surface area contributed by atoms with Crippen LogP contribution < -0.4 is 5.32 Å². The number of aromatic nitrogens is 2. The number of nitrogens with one attached hydrogen (secondary N) is 1. The lowest BCUT2D eigenvalue weighted by molar-refractivity contribution is -0.192. The number of aliphatic carboxylic acids is 1. The van der Waals surface area contributed by atoms with Crippen LogP contribution in [0, 0.1) is 0 Å². The first kappa shape index (κ1) is 20.7. The number of carbonyl (C=O) groups excluding carboxylic acids is 1. The summed E-state index contributed by atoms with van der Waals surface area (Å²) in [4.78, 5) is 25.8. The minimum Gasteiger partial charge on any atom is -0.475 e. The summed E-state index contributed by atoms with van der Waals surface area (Å²) in [6.07, 6.45) is -1.40. The molecule has 6 nitrogen and oxygen atoms in total. The Labute approximate surface area is 167 Å². The number of pyridine rings is 1. The smallest absolute Gasteiger partial charge is 0.475 e. The van der Waals surface area contributed by atoms with Gasteiger partial charge in [-0.1, -0.05) is 48.0 Å². The number of carboxylic acid groups (broad SMARTS) is 1. The van der Waals surface area contributed by atoms with E-state index in [-0.39, 0.29) is 11.4 Å². The van der Waals surface area contributed by atoms with E-state index >= 15 is 0 Å². The molecule has 0 radical (unpaired) electrons. The van der Waals surface area contributed by atoms with Gasteiger partial charge in [0.1, 0.15) is 0 Å². The lowest BCUT2D eigenvalue weighted by atomic mass is 10.1. The maximum atomic E-state index is 12.6. The van der Waals surface area contributed by atoms with Crippen LogP contribution in [0.15, 0.2) is 54.7 Å². The van der Waals surface area contributed by atoms with Crippen LogP contribution in [-0.2, 0) is 10.3 Å². The summed E-state index contributed by atoms with van der Waals surface area (Å²) in [6.45, 7) is 0. The number of imidazole rings is 1. The van der Waals surface area contributed by atoms with Crippen molar-refractivity contribution in [1.29, 1.82) is 0 Å². The Morgan fingerprint density at radius 1 is 1.10 bits per heavy atom. The van der Waals surface area contributed by atoms with Gasteiger partial charge in [0.2, 0.25) is 5.82 Å². The van der Waals surface area contributed by atoms with Gasteiger partial charge in [-0.2, -0.15) is 13.2 Å². The molecule has 2 N–H and O–H groups in total. The third-order valence-corrected chi connectivity index (χ3v) is 4.66. The van der Waals surface area contributed by atoms with E-state index in [1.807, 2.05) is 48.5 Å². The molecule has 0 unspecified atom stereocenters. The van der Waals surface area contributed by atoms with Gasteiger partial charge in [0.15, 0.2) is 5.15 Å². The highest BCUT2D eigenvalue weighted by Crippen LogP contribution is 2.45. The van der Waals surface area contributed by atoms with Crippen LogP contribution in [-0.4, -0.2) is 32.5 Å². The van der Waals surface area contributed by atoms with Crippen molar-refractivity contribution >= 4 is 29.0 Å². The van der Waals surface area contributed by atoms with E-state index in [4.69, 9.17) is 21.5 Å². The molecule has 1 aromatic carbocycles. The molecular weight excluding hydrogens is 411 g/mol. The Balaban J connectivity index is 0.000000298. The molecule has 0 bridgehead atoms. The number of carbonyl (C=O) groups is 2. The molecule has 0 saturated heterocycles. The number of alkyl halides is 3. The summed E-state index contributed by atoms with van der Waals surface area (Å²) in [5, 5.41) is 10.6. The fraction of sp³-hybridized carbons (Fsp3) is 0.211. The number of amides is 1. The highest BCUT2D eigenvalue weighted by molar-refractivity contribution is 6.33. The van der Waals surface area contributed by atoms with Crippen LogP contribution in [0.3, 0.4) is 0 Å². The number of carboxylic acids is 1. The molecule has 1 fully saturated rings. The third-order valence-electron chi connectivity index (χ3n) is 4.38. The van der Waals surface area contributed by atoms with E-state index in [9.17, 15) is 18.0 Å². The highest BCUT2D eigenvalue weighted by Gasteiger charge is 2.46. The zero-order valence-corrected chi connectivity index (χ0v) is 15.5. The predicted octanol–water partition coefficient (Wildman–Crippen LogP) is 4.04. The molecular formula is C19H15ClF3N3O3. The van der Waals surface area contributed by atoms with Gasteiger partial charge < -0.3 is 10.4 Å². The Bertz CT molecular complexity index is 1050. The standard InChI is InChI=1S/C17H14ClN3O.C2HF3O2/c18-14-13-8-4-5-11-21(13)15(19-14)16(22)20-17(9-10-17)12-6-2-1-3-7-12;3-2(4,5)1(6)7/h1-8,11H,9-10H2,(H,20,22);(H,6,7). The summed E-state index contributed by atoms with van der Waals surface area (Å²) in [7, 11) is 0. The van der Waals surface area contributed by atoms with Crippen molar-refractivity contribution in [3.05, 3.63) is 71.3 Å². The van der Waals surface area contributed by atoms with Gasteiger partial charge in [-0.15, -0.1) is 0 Å². The van der Waals surface area contributed by atoms with Crippen molar-refractivity contribution in [2.75, 3.05) is 0 Å². The van der Waals surface area contributed by atoms with Crippen molar-refractivity contribution in [3.63, 3.8) is 0 Å². The molecule has 10 heteroatoms. The van der Waals surface area contributed by atoms with Crippen molar-refractivity contribution in [3.8, 4) is 0 Å². The first-order chi connectivity index (χ1) is 13.6. The van der Waals surface area contributed by atoms with Gasteiger partial charge in [0, 0.05) is 6.20 Å². The Morgan fingerprint density at radius 3 is 2.24 bits per heavy atom. The zero-order chi connectivity index (χ0) is 21.2. The maximum Gasteiger partial charge on any atom is 0.490 e. The average molecular weight is 426 g/mol. The van der Waals surface area contributed by atoms with Crippen LogP contribution >= 0.6 is 11.6 Å². The molecule has 0 aliphatic heterocycles. The molecule has 1 saturated carbocycles. The summed E-state index contributed by atoms with van der Waals surface area (Å²) in [5.74, 6) is -2.63. The minimum absolute atomic E-state index is 0.200. The molecule has 4 rings (SSSR count). The number of fused-ring (bicyclic) bond motifs is 1. The fourth-order valence-corrected chi connectivity index (χ4v) is 3.04. The number of rotatable bonds is 3. The van der Waals surface area contributed by atoms with Gasteiger partial charge in [-0.05, 0) is 30.5 Å². The second-order valence-electron chi connectivity index (χ2n) is 6.39. The lowest BCUT2D eigenvalue weighted by Gasteiger charge is -2.17.